The maximum atomic E-state index is 10.1. The van der Waals surface area contributed by atoms with Crippen molar-refractivity contribution in [1.29, 1.82) is 0 Å². The number of aliphatic hydroxyl groups excluding tert-OH is 1. The number of imidazole rings is 1. The van der Waals surface area contributed by atoms with Crippen LogP contribution in [0.3, 0.4) is 0 Å². The molecule has 0 spiro atoms. The van der Waals surface area contributed by atoms with Crippen LogP contribution in [0.15, 0.2) is 48.7 Å². The van der Waals surface area contributed by atoms with Crippen LogP contribution in [-0.4, -0.2) is 21.6 Å². The van der Waals surface area contributed by atoms with Crippen molar-refractivity contribution >= 4 is 5.65 Å². The number of rotatable bonds is 4. The third-order valence-electron chi connectivity index (χ3n) is 3.57. The number of hydrogen-bond donors (Lipinski definition) is 1. The van der Waals surface area contributed by atoms with E-state index >= 15 is 0 Å². The third-order valence-corrected chi connectivity index (χ3v) is 3.57. The van der Waals surface area contributed by atoms with Crippen LogP contribution in [0.2, 0.25) is 0 Å². The largest absolute Gasteiger partial charge is 0.497 e. The predicted octanol–water partition coefficient (Wildman–Crippen LogP) is 2.99. The topological polar surface area (TPSA) is 46.8 Å². The molecule has 21 heavy (non-hydrogen) atoms. The summed E-state index contributed by atoms with van der Waals surface area (Å²) in [6.07, 6.45) is 2.06. The molecule has 0 saturated carbocycles. The number of aliphatic hydroxyl groups is 1. The number of fused-ring (bicyclic) bond motifs is 1. The molecule has 4 heteroatoms. The van der Waals surface area contributed by atoms with E-state index in [1.807, 2.05) is 53.1 Å². The van der Waals surface area contributed by atoms with Gasteiger partial charge in [0.1, 0.15) is 11.4 Å². The normalized spacial score (nSPS) is 12.5. The summed E-state index contributed by atoms with van der Waals surface area (Å²) in [6.45, 7) is 1.77. The lowest BCUT2D eigenvalue weighted by atomic mass is 10.1. The molecule has 2 aromatic heterocycles. The van der Waals surface area contributed by atoms with Crippen molar-refractivity contribution in [3.05, 3.63) is 65.6 Å². The van der Waals surface area contributed by atoms with Crippen molar-refractivity contribution < 1.29 is 9.84 Å². The first-order chi connectivity index (χ1) is 10.2. The molecule has 0 saturated heterocycles. The van der Waals surface area contributed by atoms with E-state index in [1.165, 1.54) is 0 Å². The first-order valence-electron chi connectivity index (χ1n) is 6.96. The fraction of sp³-hybridized carbons (Fsp3) is 0.235. The number of benzene rings is 1. The molecule has 2 heterocycles. The van der Waals surface area contributed by atoms with Gasteiger partial charge in [-0.05, 0) is 36.8 Å². The van der Waals surface area contributed by atoms with E-state index in [4.69, 9.17) is 4.74 Å². The van der Waals surface area contributed by atoms with Crippen LogP contribution in [-0.2, 0) is 6.42 Å². The summed E-state index contributed by atoms with van der Waals surface area (Å²) >= 11 is 0. The summed E-state index contributed by atoms with van der Waals surface area (Å²) in [6, 6.07) is 13.8. The molecule has 0 radical (unpaired) electrons. The van der Waals surface area contributed by atoms with Crippen LogP contribution in [0.5, 0.6) is 5.75 Å². The van der Waals surface area contributed by atoms with E-state index in [2.05, 4.69) is 4.98 Å². The maximum absolute atomic E-state index is 10.1. The highest BCUT2D eigenvalue weighted by molar-refractivity contribution is 5.45. The van der Waals surface area contributed by atoms with Gasteiger partial charge in [-0.15, -0.1) is 0 Å². The molecule has 0 amide bonds. The summed E-state index contributed by atoms with van der Waals surface area (Å²) in [5.74, 6) is 0.838. The Bertz CT molecular complexity index is 745. The van der Waals surface area contributed by atoms with Gasteiger partial charge < -0.3 is 14.2 Å². The maximum Gasteiger partial charge on any atom is 0.137 e. The van der Waals surface area contributed by atoms with Gasteiger partial charge in [-0.25, -0.2) is 4.98 Å². The summed E-state index contributed by atoms with van der Waals surface area (Å²) < 4.78 is 7.12. The Labute approximate surface area is 123 Å². The van der Waals surface area contributed by atoms with Crippen molar-refractivity contribution in [2.75, 3.05) is 7.11 Å². The van der Waals surface area contributed by atoms with Crippen LogP contribution in [0, 0.1) is 0 Å². The SMILES string of the molecule is COc1ccc(Cc2nc3ccccn3c2C(C)O)cc1. The van der Waals surface area contributed by atoms with E-state index in [0.717, 1.165) is 28.3 Å². The molecule has 1 N–H and O–H groups in total. The van der Waals surface area contributed by atoms with Crippen molar-refractivity contribution in [2.45, 2.75) is 19.4 Å². The molecule has 3 aromatic rings. The highest BCUT2D eigenvalue weighted by Gasteiger charge is 2.16. The predicted molar refractivity (Wildman–Crippen MR) is 81.6 cm³/mol. The highest BCUT2D eigenvalue weighted by Crippen LogP contribution is 2.23. The Kier molecular flexibility index (Phi) is 3.62. The first kappa shape index (κ1) is 13.6. The van der Waals surface area contributed by atoms with Crippen LogP contribution >= 0.6 is 0 Å². The summed E-state index contributed by atoms with van der Waals surface area (Å²) in [4.78, 5) is 4.64. The van der Waals surface area contributed by atoms with Gasteiger partial charge in [-0.3, -0.25) is 0 Å². The van der Waals surface area contributed by atoms with Gasteiger partial charge in [0, 0.05) is 12.6 Å². The summed E-state index contributed by atoms with van der Waals surface area (Å²) in [7, 11) is 1.66. The molecular formula is C17H18N2O2. The smallest absolute Gasteiger partial charge is 0.137 e. The van der Waals surface area contributed by atoms with Crippen molar-refractivity contribution in [2.24, 2.45) is 0 Å². The molecule has 0 bridgehead atoms. The lowest BCUT2D eigenvalue weighted by molar-refractivity contribution is 0.192. The second-order valence-electron chi connectivity index (χ2n) is 5.07. The third kappa shape index (κ3) is 2.62. The Morgan fingerprint density at radius 2 is 1.95 bits per heavy atom. The molecule has 1 atom stereocenters. The van der Waals surface area contributed by atoms with Crippen LogP contribution in [0.1, 0.15) is 30.0 Å². The summed E-state index contributed by atoms with van der Waals surface area (Å²) in [5, 5.41) is 10.1. The zero-order chi connectivity index (χ0) is 14.8. The van der Waals surface area contributed by atoms with Crippen LogP contribution in [0.25, 0.3) is 5.65 Å². The summed E-state index contributed by atoms with van der Waals surface area (Å²) in [5.41, 5.74) is 3.75. The average Bonchev–Trinajstić information content (AvgIpc) is 2.86. The Hall–Kier alpha value is -2.33. The Morgan fingerprint density at radius 1 is 1.19 bits per heavy atom. The van der Waals surface area contributed by atoms with Crippen LogP contribution in [0.4, 0.5) is 0 Å². The Morgan fingerprint density at radius 3 is 2.62 bits per heavy atom. The van der Waals surface area contributed by atoms with Crippen molar-refractivity contribution in [3.63, 3.8) is 0 Å². The lowest BCUT2D eigenvalue weighted by Gasteiger charge is -2.08. The minimum absolute atomic E-state index is 0.560. The van der Waals surface area contributed by atoms with E-state index in [0.29, 0.717) is 6.42 Å². The Balaban J connectivity index is 2.00. The van der Waals surface area contributed by atoms with Crippen molar-refractivity contribution in [3.8, 4) is 5.75 Å². The number of hydrogen-bond acceptors (Lipinski definition) is 3. The number of ether oxygens (including phenoxy) is 1. The van der Waals surface area contributed by atoms with Gasteiger partial charge in [-0.2, -0.15) is 0 Å². The molecular weight excluding hydrogens is 264 g/mol. The van der Waals surface area contributed by atoms with E-state index in [1.54, 1.807) is 14.0 Å². The van der Waals surface area contributed by atoms with Gasteiger partial charge in [0.2, 0.25) is 0 Å². The molecule has 108 valence electrons. The van der Waals surface area contributed by atoms with Gasteiger partial charge in [0.05, 0.1) is 24.6 Å². The molecule has 1 unspecified atom stereocenters. The quantitative estimate of drug-likeness (QED) is 0.800. The zero-order valence-corrected chi connectivity index (χ0v) is 12.2. The number of nitrogens with zero attached hydrogens (tertiary/aromatic N) is 2. The van der Waals surface area contributed by atoms with Gasteiger partial charge in [0.15, 0.2) is 0 Å². The average molecular weight is 282 g/mol. The highest BCUT2D eigenvalue weighted by atomic mass is 16.5. The fourth-order valence-corrected chi connectivity index (χ4v) is 2.57. The monoisotopic (exact) mass is 282 g/mol. The van der Waals surface area contributed by atoms with E-state index in [-0.39, 0.29) is 0 Å². The number of methoxy groups -OCH3 is 1. The van der Waals surface area contributed by atoms with Crippen molar-refractivity contribution in [1.82, 2.24) is 9.38 Å². The molecule has 0 aliphatic carbocycles. The first-order valence-corrected chi connectivity index (χ1v) is 6.96. The molecule has 0 aliphatic heterocycles. The number of aromatic nitrogens is 2. The second kappa shape index (κ2) is 5.58. The van der Waals surface area contributed by atoms with Gasteiger partial charge in [-0.1, -0.05) is 18.2 Å². The molecule has 0 aliphatic rings. The standard InChI is InChI=1S/C17H18N2O2/c1-12(20)17-15(18-16-5-3-4-10-19(16)17)11-13-6-8-14(21-2)9-7-13/h3-10,12,20H,11H2,1-2H3. The fourth-order valence-electron chi connectivity index (χ4n) is 2.57. The molecule has 3 rings (SSSR count). The molecule has 4 nitrogen and oxygen atoms in total. The minimum Gasteiger partial charge on any atom is -0.497 e. The van der Waals surface area contributed by atoms with Gasteiger partial charge >= 0.3 is 0 Å². The molecule has 0 fully saturated rings. The van der Waals surface area contributed by atoms with Crippen LogP contribution < -0.4 is 4.74 Å². The van der Waals surface area contributed by atoms with E-state index in [9.17, 15) is 5.11 Å². The second-order valence-corrected chi connectivity index (χ2v) is 5.07. The lowest BCUT2D eigenvalue weighted by Crippen LogP contribution is -2.02. The zero-order valence-electron chi connectivity index (χ0n) is 12.2. The van der Waals surface area contributed by atoms with E-state index < -0.39 is 6.10 Å². The minimum atomic E-state index is -0.560. The van der Waals surface area contributed by atoms with Gasteiger partial charge in [0.25, 0.3) is 0 Å². The molecule has 1 aromatic carbocycles. The number of pyridine rings is 1.